The van der Waals surface area contributed by atoms with E-state index >= 15 is 0 Å². The molecule has 0 radical (unpaired) electrons. The van der Waals surface area contributed by atoms with Crippen LogP contribution in [0.1, 0.15) is 39.2 Å². The summed E-state index contributed by atoms with van der Waals surface area (Å²) in [4.78, 5) is 6.66. The van der Waals surface area contributed by atoms with Crippen molar-refractivity contribution in [1.29, 1.82) is 0 Å². The predicted octanol–water partition coefficient (Wildman–Crippen LogP) is 2.86. The number of nitrogens with zero attached hydrogens (tertiary/aromatic N) is 2. The van der Waals surface area contributed by atoms with E-state index in [9.17, 15) is 0 Å². The van der Waals surface area contributed by atoms with E-state index in [1.807, 2.05) is 7.05 Å². The average molecular weight is 304 g/mol. The van der Waals surface area contributed by atoms with Gasteiger partial charge < -0.3 is 10.6 Å². The van der Waals surface area contributed by atoms with Crippen LogP contribution in [0.25, 0.3) is 0 Å². The van der Waals surface area contributed by atoms with Crippen molar-refractivity contribution in [2.24, 2.45) is 4.99 Å². The number of aliphatic imine (C=N–C) groups is 1. The molecule has 0 saturated heterocycles. The van der Waals surface area contributed by atoms with Crippen molar-refractivity contribution in [2.45, 2.75) is 52.2 Å². The van der Waals surface area contributed by atoms with Gasteiger partial charge in [-0.25, -0.2) is 0 Å². The zero-order chi connectivity index (χ0) is 16.4. The highest BCUT2D eigenvalue weighted by molar-refractivity contribution is 5.79. The van der Waals surface area contributed by atoms with Gasteiger partial charge in [-0.15, -0.1) is 0 Å². The number of hydrogen-bond donors (Lipinski definition) is 2. The molecule has 4 nitrogen and oxygen atoms in total. The van der Waals surface area contributed by atoms with Crippen LogP contribution < -0.4 is 10.6 Å². The topological polar surface area (TPSA) is 39.7 Å². The van der Waals surface area contributed by atoms with Crippen LogP contribution in [0, 0.1) is 0 Å². The largest absolute Gasteiger partial charge is 0.356 e. The lowest BCUT2D eigenvalue weighted by molar-refractivity contribution is 0.238. The van der Waals surface area contributed by atoms with E-state index in [0.717, 1.165) is 31.9 Å². The summed E-state index contributed by atoms with van der Waals surface area (Å²) in [5.74, 6) is 0.896. The minimum atomic E-state index is 0.448. The zero-order valence-electron chi connectivity index (χ0n) is 14.8. The summed E-state index contributed by atoms with van der Waals surface area (Å²) >= 11 is 0. The number of nitrogens with one attached hydrogen (secondary N) is 2. The molecule has 2 atom stereocenters. The summed E-state index contributed by atoms with van der Waals surface area (Å²) in [6, 6.07) is 11.6. The maximum atomic E-state index is 4.27. The molecule has 1 aromatic carbocycles. The van der Waals surface area contributed by atoms with Crippen LogP contribution in [0.3, 0.4) is 0 Å². The van der Waals surface area contributed by atoms with E-state index in [1.54, 1.807) is 0 Å². The minimum absolute atomic E-state index is 0.448. The fourth-order valence-corrected chi connectivity index (χ4v) is 2.18. The van der Waals surface area contributed by atoms with Crippen LogP contribution in [0.2, 0.25) is 0 Å². The molecule has 0 aromatic heterocycles. The van der Waals surface area contributed by atoms with Crippen molar-refractivity contribution in [3.8, 4) is 0 Å². The van der Waals surface area contributed by atoms with E-state index in [-0.39, 0.29) is 0 Å². The second-order valence-electron chi connectivity index (χ2n) is 5.99. The van der Waals surface area contributed by atoms with E-state index in [4.69, 9.17) is 0 Å². The van der Waals surface area contributed by atoms with Crippen LogP contribution in [-0.2, 0) is 6.54 Å². The Kier molecular flexibility index (Phi) is 8.60. The van der Waals surface area contributed by atoms with Gasteiger partial charge in [0.2, 0.25) is 0 Å². The molecule has 22 heavy (non-hydrogen) atoms. The molecule has 0 bridgehead atoms. The highest BCUT2D eigenvalue weighted by Crippen LogP contribution is 2.07. The molecule has 2 unspecified atom stereocenters. The van der Waals surface area contributed by atoms with E-state index < -0.39 is 0 Å². The van der Waals surface area contributed by atoms with Gasteiger partial charge in [0, 0.05) is 32.2 Å². The maximum Gasteiger partial charge on any atom is 0.191 e. The summed E-state index contributed by atoms with van der Waals surface area (Å²) in [5.41, 5.74) is 1.36. The SMILES string of the molecule is CCC(C)NC(=NC)NCCC(C)N(C)Cc1ccccc1. The molecule has 0 aliphatic rings. The fraction of sp³-hybridized carbons (Fsp3) is 0.611. The molecule has 124 valence electrons. The Bertz CT molecular complexity index is 430. The van der Waals surface area contributed by atoms with E-state index in [1.165, 1.54) is 5.56 Å². The lowest BCUT2D eigenvalue weighted by Gasteiger charge is -2.25. The van der Waals surface area contributed by atoms with Gasteiger partial charge in [-0.1, -0.05) is 37.3 Å². The molecule has 0 aliphatic heterocycles. The van der Waals surface area contributed by atoms with Gasteiger partial charge in [-0.05, 0) is 39.3 Å². The Morgan fingerprint density at radius 1 is 1.23 bits per heavy atom. The standard InChI is InChI=1S/C18H32N4/c1-6-15(2)21-18(19-4)20-13-12-16(3)22(5)14-17-10-8-7-9-11-17/h7-11,15-16H,6,12-14H2,1-5H3,(H2,19,20,21). The lowest BCUT2D eigenvalue weighted by Crippen LogP contribution is -2.43. The van der Waals surface area contributed by atoms with E-state index in [0.29, 0.717) is 12.1 Å². The van der Waals surface area contributed by atoms with Crippen LogP contribution >= 0.6 is 0 Å². The Hall–Kier alpha value is -1.55. The first-order chi connectivity index (χ1) is 10.6. The molecule has 0 heterocycles. The molecule has 1 aromatic rings. The van der Waals surface area contributed by atoms with Gasteiger partial charge in [0.25, 0.3) is 0 Å². The van der Waals surface area contributed by atoms with Crippen LogP contribution in [0.4, 0.5) is 0 Å². The van der Waals surface area contributed by atoms with E-state index in [2.05, 4.69) is 78.7 Å². The summed E-state index contributed by atoms with van der Waals surface area (Å²) in [5, 5.41) is 6.78. The van der Waals surface area contributed by atoms with Crippen LogP contribution in [0.15, 0.2) is 35.3 Å². The molecule has 1 rings (SSSR count). The summed E-state index contributed by atoms with van der Waals surface area (Å²) in [6.45, 7) is 8.53. The normalized spacial score (nSPS) is 14.7. The first-order valence-electron chi connectivity index (χ1n) is 8.28. The third kappa shape index (κ3) is 6.94. The number of hydrogen-bond acceptors (Lipinski definition) is 2. The number of benzene rings is 1. The monoisotopic (exact) mass is 304 g/mol. The summed E-state index contributed by atoms with van der Waals surface area (Å²) < 4.78 is 0. The van der Waals surface area contributed by atoms with Gasteiger partial charge in [0.1, 0.15) is 0 Å². The number of guanidine groups is 1. The van der Waals surface area contributed by atoms with Crippen molar-refractivity contribution in [3.05, 3.63) is 35.9 Å². The predicted molar refractivity (Wildman–Crippen MR) is 96.2 cm³/mol. The van der Waals surface area contributed by atoms with Gasteiger partial charge in [0.05, 0.1) is 0 Å². The second-order valence-corrected chi connectivity index (χ2v) is 5.99. The summed E-state index contributed by atoms with van der Waals surface area (Å²) in [7, 11) is 4.01. The van der Waals surface area contributed by atoms with Crippen molar-refractivity contribution < 1.29 is 0 Å². The number of rotatable bonds is 8. The first-order valence-corrected chi connectivity index (χ1v) is 8.28. The van der Waals surface area contributed by atoms with Gasteiger partial charge >= 0.3 is 0 Å². The van der Waals surface area contributed by atoms with Crippen molar-refractivity contribution in [2.75, 3.05) is 20.6 Å². The molecular formula is C18H32N4. The Morgan fingerprint density at radius 3 is 2.50 bits per heavy atom. The molecule has 0 aliphatic carbocycles. The Labute approximate surface area is 136 Å². The molecule has 0 amide bonds. The highest BCUT2D eigenvalue weighted by Gasteiger charge is 2.10. The Morgan fingerprint density at radius 2 is 1.91 bits per heavy atom. The Balaban J connectivity index is 2.31. The van der Waals surface area contributed by atoms with Crippen molar-refractivity contribution in [1.82, 2.24) is 15.5 Å². The molecule has 0 fully saturated rings. The quantitative estimate of drug-likeness (QED) is 0.573. The molecule has 0 spiro atoms. The minimum Gasteiger partial charge on any atom is -0.356 e. The van der Waals surface area contributed by atoms with Crippen molar-refractivity contribution in [3.63, 3.8) is 0 Å². The smallest absolute Gasteiger partial charge is 0.191 e. The first kappa shape index (κ1) is 18.5. The highest BCUT2D eigenvalue weighted by atomic mass is 15.2. The summed E-state index contributed by atoms with van der Waals surface area (Å²) in [6.07, 6.45) is 2.18. The van der Waals surface area contributed by atoms with Gasteiger partial charge in [-0.3, -0.25) is 9.89 Å². The molecular weight excluding hydrogens is 272 g/mol. The maximum absolute atomic E-state index is 4.27. The third-order valence-corrected chi connectivity index (χ3v) is 4.10. The second kappa shape index (κ2) is 10.2. The third-order valence-electron chi connectivity index (χ3n) is 4.10. The fourth-order valence-electron chi connectivity index (χ4n) is 2.18. The lowest BCUT2D eigenvalue weighted by atomic mass is 10.1. The average Bonchev–Trinajstić information content (AvgIpc) is 2.54. The molecule has 4 heteroatoms. The van der Waals surface area contributed by atoms with Gasteiger partial charge in [-0.2, -0.15) is 0 Å². The van der Waals surface area contributed by atoms with Crippen LogP contribution in [-0.4, -0.2) is 43.6 Å². The zero-order valence-corrected chi connectivity index (χ0v) is 14.8. The van der Waals surface area contributed by atoms with Crippen LogP contribution in [0.5, 0.6) is 0 Å². The molecule has 0 saturated carbocycles. The molecule has 2 N–H and O–H groups in total. The van der Waals surface area contributed by atoms with Gasteiger partial charge in [0.15, 0.2) is 5.96 Å². The van der Waals surface area contributed by atoms with Crippen molar-refractivity contribution >= 4 is 5.96 Å².